The molecule has 104 valence electrons. The molecule has 0 saturated carbocycles. The smallest absolute Gasteiger partial charge is 0.123 e. The molecular formula is C15H23N3O. The molecule has 4 nitrogen and oxygen atoms in total. The molecule has 0 aliphatic rings. The second-order valence-electron chi connectivity index (χ2n) is 4.74. The van der Waals surface area contributed by atoms with Crippen LogP contribution in [0.25, 0.3) is 11.0 Å². The van der Waals surface area contributed by atoms with Gasteiger partial charge in [0, 0.05) is 12.6 Å². The van der Waals surface area contributed by atoms with Crippen molar-refractivity contribution < 1.29 is 4.74 Å². The Kier molecular flexibility index (Phi) is 4.80. The van der Waals surface area contributed by atoms with E-state index in [0.717, 1.165) is 48.6 Å². The summed E-state index contributed by atoms with van der Waals surface area (Å²) in [5.74, 6) is 1.84. The molecule has 19 heavy (non-hydrogen) atoms. The summed E-state index contributed by atoms with van der Waals surface area (Å²) in [4.78, 5) is 4.61. The van der Waals surface area contributed by atoms with Crippen molar-refractivity contribution in [3.05, 3.63) is 24.0 Å². The molecule has 0 unspecified atom stereocenters. The standard InChI is InChI=1S/C15H23N3O/c1-3-5-8-18-14-7-6-12(19-9-4-2)10-13(14)17-15(18)11-16/h6-7,10H,3-5,8-9,11,16H2,1-2H3. The summed E-state index contributed by atoms with van der Waals surface area (Å²) in [5, 5.41) is 0. The van der Waals surface area contributed by atoms with Crippen molar-refractivity contribution in [1.82, 2.24) is 9.55 Å². The van der Waals surface area contributed by atoms with Gasteiger partial charge >= 0.3 is 0 Å². The maximum Gasteiger partial charge on any atom is 0.123 e. The van der Waals surface area contributed by atoms with E-state index in [0.29, 0.717) is 6.54 Å². The number of aryl methyl sites for hydroxylation is 1. The second-order valence-corrected chi connectivity index (χ2v) is 4.74. The van der Waals surface area contributed by atoms with Gasteiger partial charge in [0.25, 0.3) is 0 Å². The van der Waals surface area contributed by atoms with E-state index in [-0.39, 0.29) is 0 Å². The fourth-order valence-corrected chi connectivity index (χ4v) is 2.19. The molecule has 0 atom stereocenters. The molecule has 0 bridgehead atoms. The largest absolute Gasteiger partial charge is 0.494 e. The number of ether oxygens (including phenoxy) is 1. The van der Waals surface area contributed by atoms with E-state index in [1.54, 1.807) is 0 Å². The molecule has 2 rings (SSSR count). The minimum absolute atomic E-state index is 0.476. The van der Waals surface area contributed by atoms with Crippen molar-refractivity contribution in [3.63, 3.8) is 0 Å². The van der Waals surface area contributed by atoms with Crippen LogP contribution in [0.2, 0.25) is 0 Å². The zero-order valence-electron chi connectivity index (χ0n) is 11.9. The van der Waals surface area contributed by atoms with Crippen molar-refractivity contribution in [2.75, 3.05) is 6.61 Å². The molecule has 1 aromatic carbocycles. The third-order valence-corrected chi connectivity index (χ3v) is 3.19. The highest BCUT2D eigenvalue weighted by molar-refractivity contribution is 5.77. The quantitative estimate of drug-likeness (QED) is 0.833. The number of nitrogens with two attached hydrogens (primary N) is 1. The summed E-state index contributed by atoms with van der Waals surface area (Å²) in [6.45, 7) is 6.49. The average Bonchev–Trinajstić information content (AvgIpc) is 2.79. The van der Waals surface area contributed by atoms with E-state index < -0.39 is 0 Å². The monoisotopic (exact) mass is 261 g/mol. The lowest BCUT2D eigenvalue weighted by Crippen LogP contribution is -2.08. The summed E-state index contributed by atoms with van der Waals surface area (Å²) in [6.07, 6.45) is 3.32. The molecular weight excluding hydrogens is 238 g/mol. The predicted octanol–water partition coefficient (Wildman–Crippen LogP) is 3.08. The Morgan fingerprint density at radius 3 is 2.79 bits per heavy atom. The fourth-order valence-electron chi connectivity index (χ4n) is 2.19. The van der Waals surface area contributed by atoms with Crippen LogP contribution < -0.4 is 10.5 Å². The second kappa shape index (κ2) is 6.57. The van der Waals surface area contributed by atoms with Crippen LogP contribution in [0.4, 0.5) is 0 Å². The van der Waals surface area contributed by atoms with Crippen LogP contribution in [0.5, 0.6) is 5.75 Å². The molecule has 0 aliphatic carbocycles. The molecule has 0 fully saturated rings. The van der Waals surface area contributed by atoms with Crippen LogP contribution in [0.15, 0.2) is 18.2 Å². The SMILES string of the molecule is CCCCn1c(CN)nc2cc(OCCC)ccc21. The normalized spacial score (nSPS) is 11.1. The molecule has 4 heteroatoms. The molecule has 1 aromatic heterocycles. The van der Waals surface area contributed by atoms with Crippen molar-refractivity contribution in [2.24, 2.45) is 5.73 Å². The third kappa shape index (κ3) is 3.07. The zero-order valence-corrected chi connectivity index (χ0v) is 11.9. The van der Waals surface area contributed by atoms with Gasteiger partial charge in [-0.1, -0.05) is 20.3 Å². The van der Waals surface area contributed by atoms with Crippen molar-refractivity contribution >= 4 is 11.0 Å². The molecule has 2 N–H and O–H groups in total. The Bertz CT molecular complexity index is 533. The Hall–Kier alpha value is -1.55. The maximum absolute atomic E-state index is 5.79. The lowest BCUT2D eigenvalue weighted by atomic mass is 10.3. The number of fused-ring (bicyclic) bond motifs is 1. The Morgan fingerprint density at radius 1 is 1.26 bits per heavy atom. The highest BCUT2D eigenvalue weighted by Gasteiger charge is 2.09. The third-order valence-electron chi connectivity index (χ3n) is 3.19. The first kappa shape index (κ1) is 13.9. The topological polar surface area (TPSA) is 53.1 Å². The fraction of sp³-hybridized carbons (Fsp3) is 0.533. The number of unbranched alkanes of at least 4 members (excludes halogenated alkanes) is 1. The van der Waals surface area contributed by atoms with Crippen molar-refractivity contribution in [3.8, 4) is 5.75 Å². The average molecular weight is 261 g/mol. The minimum atomic E-state index is 0.476. The van der Waals surface area contributed by atoms with E-state index in [4.69, 9.17) is 10.5 Å². The number of hydrogen-bond donors (Lipinski definition) is 1. The highest BCUT2D eigenvalue weighted by atomic mass is 16.5. The van der Waals surface area contributed by atoms with Gasteiger partial charge in [0.2, 0.25) is 0 Å². The number of benzene rings is 1. The predicted molar refractivity (Wildman–Crippen MR) is 78.3 cm³/mol. The lowest BCUT2D eigenvalue weighted by molar-refractivity contribution is 0.318. The van der Waals surface area contributed by atoms with E-state index >= 15 is 0 Å². The number of rotatable bonds is 7. The molecule has 0 amide bonds. The Labute approximate surface area is 114 Å². The summed E-state index contributed by atoms with van der Waals surface area (Å²) >= 11 is 0. The van der Waals surface area contributed by atoms with Crippen LogP contribution in [-0.2, 0) is 13.1 Å². The lowest BCUT2D eigenvalue weighted by Gasteiger charge is -2.07. The summed E-state index contributed by atoms with van der Waals surface area (Å²) in [7, 11) is 0. The molecule has 0 radical (unpaired) electrons. The number of hydrogen-bond acceptors (Lipinski definition) is 3. The first-order valence-corrected chi connectivity index (χ1v) is 7.12. The van der Waals surface area contributed by atoms with Crippen LogP contribution in [0.1, 0.15) is 38.9 Å². The Balaban J connectivity index is 2.33. The zero-order chi connectivity index (χ0) is 13.7. The van der Waals surface area contributed by atoms with E-state index in [1.165, 1.54) is 6.42 Å². The van der Waals surface area contributed by atoms with Gasteiger partial charge in [0.15, 0.2) is 0 Å². The van der Waals surface area contributed by atoms with Gasteiger partial charge in [-0.25, -0.2) is 4.98 Å². The Morgan fingerprint density at radius 2 is 2.11 bits per heavy atom. The van der Waals surface area contributed by atoms with E-state index in [2.05, 4.69) is 29.5 Å². The van der Waals surface area contributed by atoms with Gasteiger partial charge in [0.1, 0.15) is 11.6 Å². The highest BCUT2D eigenvalue weighted by Crippen LogP contribution is 2.22. The van der Waals surface area contributed by atoms with Gasteiger partial charge in [-0.2, -0.15) is 0 Å². The molecule has 0 aliphatic heterocycles. The van der Waals surface area contributed by atoms with E-state index in [9.17, 15) is 0 Å². The van der Waals surface area contributed by atoms with Crippen LogP contribution >= 0.6 is 0 Å². The molecule has 0 spiro atoms. The van der Waals surface area contributed by atoms with Crippen molar-refractivity contribution in [1.29, 1.82) is 0 Å². The van der Waals surface area contributed by atoms with Gasteiger partial charge in [-0.3, -0.25) is 0 Å². The van der Waals surface area contributed by atoms with Crippen LogP contribution in [-0.4, -0.2) is 16.2 Å². The van der Waals surface area contributed by atoms with Crippen LogP contribution in [0, 0.1) is 0 Å². The number of nitrogens with zero attached hydrogens (tertiary/aromatic N) is 2. The summed E-state index contributed by atoms with van der Waals surface area (Å²) in [5.41, 5.74) is 7.92. The van der Waals surface area contributed by atoms with E-state index in [1.807, 2.05) is 12.1 Å². The number of imidazole rings is 1. The van der Waals surface area contributed by atoms with Crippen LogP contribution in [0.3, 0.4) is 0 Å². The molecule has 2 aromatic rings. The first-order valence-electron chi connectivity index (χ1n) is 7.12. The molecule has 1 heterocycles. The minimum Gasteiger partial charge on any atom is -0.494 e. The van der Waals surface area contributed by atoms with Gasteiger partial charge in [0.05, 0.1) is 24.2 Å². The molecule has 0 saturated heterocycles. The maximum atomic E-state index is 5.79. The van der Waals surface area contributed by atoms with Gasteiger partial charge in [-0.05, 0) is 25.0 Å². The van der Waals surface area contributed by atoms with Gasteiger partial charge < -0.3 is 15.0 Å². The summed E-state index contributed by atoms with van der Waals surface area (Å²) in [6, 6.07) is 6.11. The summed E-state index contributed by atoms with van der Waals surface area (Å²) < 4.78 is 7.87. The first-order chi connectivity index (χ1) is 9.30. The van der Waals surface area contributed by atoms with Gasteiger partial charge in [-0.15, -0.1) is 0 Å². The van der Waals surface area contributed by atoms with Crippen molar-refractivity contribution in [2.45, 2.75) is 46.2 Å². The number of aromatic nitrogens is 2.